The smallest absolute Gasteiger partial charge is 0.126 e. The van der Waals surface area contributed by atoms with Crippen LogP contribution in [0.25, 0.3) is 0 Å². The molecule has 3 nitrogen and oxygen atoms in total. The second kappa shape index (κ2) is 4.65. The van der Waals surface area contributed by atoms with Gasteiger partial charge < -0.3 is 10.6 Å². The van der Waals surface area contributed by atoms with Crippen molar-refractivity contribution in [2.24, 2.45) is 0 Å². The number of hydrogen-bond donors (Lipinski definition) is 2. The minimum atomic E-state index is 0.150. The van der Waals surface area contributed by atoms with Gasteiger partial charge in [0.05, 0.1) is 0 Å². The summed E-state index contributed by atoms with van der Waals surface area (Å²) in [7, 11) is 0. The molecule has 0 saturated heterocycles. The van der Waals surface area contributed by atoms with E-state index < -0.39 is 0 Å². The normalized spacial score (nSPS) is 16.0. The lowest BCUT2D eigenvalue weighted by molar-refractivity contribution is 0.423. The molecule has 1 aromatic rings. The molecule has 2 rings (SSSR count). The Labute approximate surface area is 104 Å². The van der Waals surface area contributed by atoms with Crippen molar-refractivity contribution < 1.29 is 0 Å². The van der Waals surface area contributed by atoms with Gasteiger partial charge in [-0.2, -0.15) is 0 Å². The zero-order valence-electron chi connectivity index (χ0n) is 11.3. The SMILES string of the molecule is Cc1nc(NC2CC2)ccc1CNC(C)(C)C. The van der Waals surface area contributed by atoms with E-state index in [-0.39, 0.29) is 5.54 Å². The van der Waals surface area contributed by atoms with E-state index in [4.69, 9.17) is 0 Å². The Balaban J connectivity index is 1.98. The van der Waals surface area contributed by atoms with E-state index >= 15 is 0 Å². The highest BCUT2D eigenvalue weighted by Gasteiger charge is 2.21. The van der Waals surface area contributed by atoms with Crippen LogP contribution in [-0.4, -0.2) is 16.6 Å². The lowest BCUT2D eigenvalue weighted by Crippen LogP contribution is -2.35. The van der Waals surface area contributed by atoms with E-state index in [2.05, 4.69) is 55.4 Å². The van der Waals surface area contributed by atoms with Crippen molar-refractivity contribution in [2.45, 2.75) is 58.7 Å². The third kappa shape index (κ3) is 4.00. The molecule has 0 atom stereocenters. The lowest BCUT2D eigenvalue weighted by atomic mass is 10.1. The topological polar surface area (TPSA) is 37.0 Å². The largest absolute Gasteiger partial charge is 0.367 e. The second-order valence-corrected chi connectivity index (χ2v) is 5.96. The van der Waals surface area contributed by atoms with Crippen molar-refractivity contribution in [3.05, 3.63) is 23.4 Å². The molecule has 0 amide bonds. The molecule has 3 heteroatoms. The van der Waals surface area contributed by atoms with E-state index in [0.29, 0.717) is 6.04 Å². The summed E-state index contributed by atoms with van der Waals surface area (Å²) >= 11 is 0. The first kappa shape index (κ1) is 12.4. The molecule has 1 fully saturated rings. The van der Waals surface area contributed by atoms with Crippen LogP contribution in [-0.2, 0) is 6.54 Å². The van der Waals surface area contributed by atoms with Crippen LogP contribution in [0, 0.1) is 6.92 Å². The van der Waals surface area contributed by atoms with Gasteiger partial charge in [0.25, 0.3) is 0 Å². The molecule has 1 aromatic heterocycles. The highest BCUT2D eigenvalue weighted by Crippen LogP contribution is 2.24. The van der Waals surface area contributed by atoms with Crippen LogP contribution in [0.3, 0.4) is 0 Å². The van der Waals surface area contributed by atoms with Gasteiger partial charge in [-0.15, -0.1) is 0 Å². The maximum Gasteiger partial charge on any atom is 0.126 e. The van der Waals surface area contributed by atoms with Gasteiger partial charge in [0.15, 0.2) is 0 Å². The predicted molar refractivity (Wildman–Crippen MR) is 72.2 cm³/mol. The number of aryl methyl sites for hydroxylation is 1. The van der Waals surface area contributed by atoms with Gasteiger partial charge in [-0.05, 0) is 52.2 Å². The molecule has 0 aromatic carbocycles. The number of aromatic nitrogens is 1. The first-order valence-electron chi connectivity index (χ1n) is 6.42. The average Bonchev–Trinajstić information content (AvgIpc) is 2.99. The van der Waals surface area contributed by atoms with Crippen molar-refractivity contribution in [1.29, 1.82) is 0 Å². The molecule has 0 unspecified atom stereocenters. The Morgan fingerprint density at radius 3 is 2.53 bits per heavy atom. The van der Waals surface area contributed by atoms with Crippen molar-refractivity contribution in [1.82, 2.24) is 10.3 Å². The molecule has 1 aliphatic carbocycles. The molecule has 0 radical (unpaired) electrons. The van der Waals surface area contributed by atoms with Gasteiger partial charge in [-0.1, -0.05) is 6.07 Å². The molecule has 1 heterocycles. The van der Waals surface area contributed by atoms with Crippen LogP contribution in [0.5, 0.6) is 0 Å². The summed E-state index contributed by atoms with van der Waals surface area (Å²) < 4.78 is 0. The van der Waals surface area contributed by atoms with Crippen molar-refractivity contribution in [2.75, 3.05) is 5.32 Å². The Bertz CT molecular complexity index is 389. The fraction of sp³-hybridized carbons (Fsp3) is 0.643. The predicted octanol–water partition coefficient (Wildman–Crippen LogP) is 2.85. The fourth-order valence-corrected chi connectivity index (χ4v) is 1.65. The van der Waals surface area contributed by atoms with Gasteiger partial charge in [0.1, 0.15) is 5.82 Å². The maximum absolute atomic E-state index is 4.60. The number of rotatable bonds is 4. The Hall–Kier alpha value is -1.09. The average molecular weight is 233 g/mol. The van der Waals surface area contributed by atoms with E-state index in [1.54, 1.807) is 0 Å². The molecule has 17 heavy (non-hydrogen) atoms. The molecule has 2 N–H and O–H groups in total. The standard InChI is InChI=1S/C14H23N3/c1-10-11(9-15-14(2,3)4)5-8-13(16-10)17-12-6-7-12/h5,8,12,15H,6-7,9H2,1-4H3,(H,16,17). The summed E-state index contributed by atoms with van der Waals surface area (Å²) in [6, 6.07) is 4.93. The number of hydrogen-bond acceptors (Lipinski definition) is 3. The molecule has 1 saturated carbocycles. The summed E-state index contributed by atoms with van der Waals surface area (Å²) in [4.78, 5) is 4.60. The van der Waals surface area contributed by atoms with E-state index in [9.17, 15) is 0 Å². The summed E-state index contributed by atoms with van der Waals surface area (Å²) in [5, 5.41) is 6.92. The third-order valence-electron chi connectivity index (χ3n) is 2.93. The number of pyridine rings is 1. The van der Waals surface area contributed by atoms with Gasteiger partial charge in [-0.25, -0.2) is 4.98 Å². The van der Waals surface area contributed by atoms with Crippen LogP contribution < -0.4 is 10.6 Å². The van der Waals surface area contributed by atoms with Crippen molar-refractivity contribution in [3.63, 3.8) is 0 Å². The number of anilines is 1. The van der Waals surface area contributed by atoms with Crippen molar-refractivity contribution in [3.8, 4) is 0 Å². The molecule has 94 valence electrons. The second-order valence-electron chi connectivity index (χ2n) is 5.96. The first-order valence-corrected chi connectivity index (χ1v) is 6.42. The summed E-state index contributed by atoms with van der Waals surface area (Å²) in [6.45, 7) is 9.50. The fourth-order valence-electron chi connectivity index (χ4n) is 1.65. The molecule has 0 aliphatic heterocycles. The minimum absolute atomic E-state index is 0.150. The molecule has 1 aliphatic rings. The Morgan fingerprint density at radius 1 is 1.29 bits per heavy atom. The molecule has 0 bridgehead atoms. The lowest BCUT2D eigenvalue weighted by Gasteiger charge is -2.21. The third-order valence-corrected chi connectivity index (χ3v) is 2.93. The molecular formula is C14H23N3. The van der Waals surface area contributed by atoms with E-state index in [0.717, 1.165) is 18.1 Å². The molecular weight excluding hydrogens is 210 g/mol. The van der Waals surface area contributed by atoms with Crippen molar-refractivity contribution >= 4 is 5.82 Å². The Morgan fingerprint density at radius 2 is 2.00 bits per heavy atom. The number of nitrogens with zero attached hydrogens (tertiary/aromatic N) is 1. The summed E-state index contributed by atoms with van der Waals surface area (Å²) in [6.07, 6.45) is 2.57. The Kier molecular flexibility index (Phi) is 3.38. The monoisotopic (exact) mass is 233 g/mol. The van der Waals surface area contributed by atoms with Gasteiger partial charge >= 0.3 is 0 Å². The number of nitrogens with one attached hydrogen (secondary N) is 2. The highest BCUT2D eigenvalue weighted by atomic mass is 15.0. The quantitative estimate of drug-likeness (QED) is 0.839. The van der Waals surface area contributed by atoms with E-state index in [1.807, 2.05) is 0 Å². The van der Waals surface area contributed by atoms with Crippen LogP contribution in [0.15, 0.2) is 12.1 Å². The summed E-state index contributed by atoms with van der Waals surface area (Å²) in [5.74, 6) is 1.02. The van der Waals surface area contributed by atoms with Gasteiger partial charge in [-0.3, -0.25) is 0 Å². The zero-order valence-corrected chi connectivity index (χ0v) is 11.3. The summed E-state index contributed by atoms with van der Waals surface area (Å²) in [5.41, 5.74) is 2.55. The molecule has 0 spiro atoms. The van der Waals surface area contributed by atoms with Crippen LogP contribution in [0.2, 0.25) is 0 Å². The zero-order chi connectivity index (χ0) is 12.5. The van der Waals surface area contributed by atoms with E-state index in [1.165, 1.54) is 18.4 Å². The van der Waals surface area contributed by atoms with Crippen LogP contribution >= 0.6 is 0 Å². The maximum atomic E-state index is 4.60. The van der Waals surface area contributed by atoms with Gasteiger partial charge in [0, 0.05) is 23.8 Å². The van der Waals surface area contributed by atoms with Crippen LogP contribution in [0.4, 0.5) is 5.82 Å². The van der Waals surface area contributed by atoms with Gasteiger partial charge in [0.2, 0.25) is 0 Å². The highest BCUT2D eigenvalue weighted by molar-refractivity contribution is 5.40. The first-order chi connectivity index (χ1) is 7.94. The minimum Gasteiger partial charge on any atom is -0.367 e. The van der Waals surface area contributed by atoms with Crippen LogP contribution in [0.1, 0.15) is 44.9 Å².